The zero-order chi connectivity index (χ0) is 18.9. The average Bonchev–Trinajstić information content (AvgIpc) is 2.68. The molecule has 1 N–H and O–H groups in total. The number of aliphatic hydroxyl groups is 1. The van der Waals surface area contributed by atoms with E-state index in [-0.39, 0.29) is 6.61 Å². The van der Waals surface area contributed by atoms with Crippen LogP contribution in [-0.4, -0.2) is 69.2 Å². The van der Waals surface area contributed by atoms with Crippen molar-refractivity contribution in [2.24, 2.45) is 0 Å². The maximum absolute atomic E-state index is 12.1. The number of ether oxygens (including phenoxy) is 5. The van der Waals surface area contributed by atoms with Crippen LogP contribution in [0.4, 0.5) is 0 Å². The Kier molecular flexibility index (Phi) is 8.47. The van der Waals surface area contributed by atoms with Gasteiger partial charge in [0.25, 0.3) is 0 Å². The molecule has 2 rings (SSSR count). The van der Waals surface area contributed by atoms with Crippen molar-refractivity contribution in [3.63, 3.8) is 0 Å². The van der Waals surface area contributed by atoms with Crippen LogP contribution >= 0.6 is 0 Å². The van der Waals surface area contributed by atoms with E-state index in [1.165, 1.54) is 14.2 Å². The van der Waals surface area contributed by atoms with E-state index in [0.29, 0.717) is 12.2 Å². The van der Waals surface area contributed by atoms with E-state index in [9.17, 15) is 9.90 Å². The summed E-state index contributed by atoms with van der Waals surface area (Å²) >= 11 is 0. The highest BCUT2D eigenvalue weighted by Gasteiger charge is 2.47. The van der Waals surface area contributed by atoms with E-state index in [0.717, 1.165) is 12.8 Å². The highest BCUT2D eigenvalue weighted by Crippen LogP contribution is 2.26. The van der Waals surface area contributed by atoms with Gasteiger partial charge in [-0.25, -0.2) is 4.79 Å². The van der Waals surface area contributed by atoms with Crippen LogP contribution in [0, 0.1) is 0 Å². The summed E-state index contributed by atoms with van der Waals surface area (Å²) < 4.78 is 27.7. The summed E-state index contributed by atoms with van der Waals surface area (Å²) in [5.41, 5.74) is 0.437. The van der Waals surface area contributed by atoms with Crippen molar-refractivity contribution in [3.05, 3.63) is 35.9 Å². The van der Waals surface area contributed by atoms with Gasteiger partial charge in [-0.1, -0.05) is 31.5 Å². The number of carbonyl (C=O) groups is 1. The third-order valence-corrected chi connectivity index (χ3v) is 4.33. The molecule has 7 heteroatoms. The molecule has 1 aromatic carbocycles. The van der Waals surface area contributed by atoms with E-state index >= 15 is 0 Å². The van der Waals surface area contributed by atoms with Crippen LogP contribution in [0.1, 0.15) is 30.1 Å². The van der Waals surface area contributed by atoms with Crippen LogP contribution < -0.4 is 0 Å². The second-order valence-electron chi connectivity index (χ2n) is 6.12. The maximum Gasteiger partial charge on any atom is 0.338 e. The summed E-state index contributed by atoms with van der Waals surface area (Å²) in [7, 11) is 3.00. The number of aliphatic hydroxyl groups excluding tert-OH is 1. The lowest BCUT2D eigenvalue weighted by Crippen LogP contribution is -2.60. The zero-order valence-electron chi connectivity index (χ0n) is 15.5. The van der Waals surface area contributed by atoms with Gasteiger partial charge >= 0.3 is 5.97 Å². The molecule has 1 aliphatic rings. The molecule has 0 bridgehead atoms. The average molecular weight is 368 g/mol. The Bertz CT molecular complexity index is 536. The predicted molar refractivity (Wildman–Crippen MR) is 93.8 cm³/mol. The van der Waals surface area contributed by atoms with Crippen molar-refractivity contribution in [1.29, 1.82) is 0 Å². The Labute approximate surface area is 154 Å². The minimum absolute atomic E-state index is 0.112. The maximum atomic E-state index is 12.1. The molecule has 1 heterocycles. The van der Waals surface area contributed by atoms with Crippen molar-refractivity contribution >= 4 is 5.97 Å². The lowest BCUT2D eigenvalue weighted by molar-refractivity contribution is -0.309. The van der Waals surface area contributed by atoms with E-state index in [1.807, 2.05) is 6.07 Å². The van der Waals surface area contributed by atoms with Crippen LogP contribution in [0.15, 0.2) is 30.3 Å². The van der Waals surface area contributed by atoms with Gasteiger partial charge in [0.15, 0.2) is 6.29 Å². The lowest BCUT2D eigenvalue weighted by atomic mass is 9.99. The van der Waals surface area contributed by atoms with Gasteiger partial charge in [0.1, 0.15) is 31.0 Å². The molecule has 7 nitrogen and oxygen atoms in total. The number of esters is 1. The van der Waals surface area contributed by atoms with Gasteiger partial charge in [-0.15, -0.1) is 0 Å². The molecule has 0 spiro atoms. The number of carbonyl (C=O) groups excluding carboxylic acids is 1. The number of unbranched alkanes of at least 4 members (excludes halogenated alkanes) is 1. The molecule has 0 aliphatic carbocycles. The topological polar surface area (TPSA) is 83.5 Å². The van der Waals surface area contributed by atoms with Crippen LogP contribution in [0.5, 0.6) is 0 Å². The molecular formula is C19H28O7. The number of hydrogen-bond donors (Lipinski definition) is 1. The second kappa shape index (κ2) is 10.6. The fourth-order valence-electron chi connectivity index (χ4n) is 2.84. The number of methoxy groups -OCH3 is 2. The molecule has 5 atom stereocenters. The van der Waals surface area contributed by atoms with Gasteiger partial charge in [-0.05, 0) is 18.6 Å². The van der Waals surface area contributed by atoms with E-state index in [4.69, 9.17) is 23.7 Å². The Balaban J connectivity index is 2.00. The standard InChI is InChI=1S/C19H28O7/c1-4-5-11-24-19-17(23-3)16(22-2)15(20)14(26-19)12-25-18(21)13-9-7-6-8-10-13/h6-10,14-17,19-20H,4-5,11-12H2,1-3H3/t14-,15-,16+,17-,19-/m1/s1. The summed E-state index contributed by atoms with van der Waals surface area (Å²) in [5, 5.41) is 10.5. The van der Waals surface area contributed by atoms with Crippen LogP contribution in [0.2, 0.25) is 0 Å². The number of rotatable bonds is 9. The first-order valence-corrected chi connectivity index (χ1v) is 8.85. The van der Waals surface area contributed by atoms with Gasteiger partial charge in [0.05, 0.1) is 5.56 Å². The Morgan fingerprint density at radius 1 is 1.15 bits per heavy atom. The predicted octanol–water partition coefficient (Wildman–Crippen LogP) is 1.78. The third-order valence-electron chi connectivity index (χ3n) is 4.33. The minimum atomic E-state index is -1.01. The molecule has 0 unspecified atom stereocenters. The molecule has 0 saturated carbocycles. The molecule has 1 aliphatic heterocycles. The highest BCUT2D eigenvalue weighted by atomic mass is 16.7. The van der Waals surface area contributed by atoms with Gasteiger partial charge in [0.2, 0.25) is 0 Å². The van der Waals surface area contributed by atoms with Gasteiger partial charge in [-0.3, -0.25) is 0 Å². The Morgan fingerprint density at radius 2 is 1.85 bits per heavy atom. The van der Waals surface area contributed by atoms with Crippen molar-refractivity contribution in [1.82, 2.24) is 0 Å². The summed E-state index contributed by atoms with van der Waals surface area (Å²) in [6.07, 6.45) is -1.86. The smallest absolute Gasteiger partial charge is 0.338 e. The first kappa shape index (κ1) is 20.8. The van der Waals surface area contributed by atoms with Crippen molar-refractivity contribution < 1.29 is 33.6 Å². The summed E-state index contributed by atoms with van der Waals surface area (Å²) in [4.78, 5) is 12.1. The quantitative estimate of drug-likeness (QED) is 0.525. The van der Waals surface area contributed by atoms with E-state index < -0.39 is 36.7 Å². The van der Waals surface area contributed by atoms with Crippen LogP contribution in [0.25, 0.3) is 0 Å². The largest absolute Gasteiger partial charge is 0.459 e. The monoisotopic (exact) mass is 368 g/mol. The van der Waals surface area contributed by atoms with Crippen molar-refractivity contribution in [2.75, 3.05) is 27.4 Å². The summed E-state index contributed by atoms with van der Waals surface area (Å²) in [5.74, 6) is -0.479. The fraction of sp³-hybridized carbons (Fsp3) is 0.632. The van der Waals surface area contributed by atoms with Gasteiger partial charge in [-0.2, -0.15) is 0 Å². The highest BCUT2D eigenvalue weighted by molar-refractivity contribution is 5.89. The zero-order valence-corrected chi connectivity index (χ0v) is 15.5. The molecule has 1 saturated heterocycles. The van der Waals surface area contributed by atoms with Crippen molar-refractivity contribution in [3.8, 4) is 0 Å². The van der Waals surface area contributed by atoms with E-state index in [2.05, 4.69) is 6.92 Å². The fourth-order valence-corrected chi connectivity index (χ4v) is 2.84. The van der Waals surface area contributed by atoms with Crippen LogP contribution in [-0.2, 0) is 23.7 Å². The van der Waals surface area contributed by atoms with E-state index in [1.54, 1.807) is 24.3 Å². The van der Waals surface area contributed by atoms with Crippen molar-refractivity contribution in [2.45, 2.75) is 50.5 Å². The second-order valence-corrected chi connectivity index (χ2v) is 6.12. The lowest BCUT2D eigenvalue weighted by Gasteiger charge is -2.43. The van der Waals surface area contributed by atoms with Gasteiger partial charge < -0.3 is 28.8 Å². The van der Waals surface area contributed by atoms with Crippen LogP contribution in [0.3, 0.4) is 0 Å². The first-order valence-electron chi connectivity index (χ1n) is 8.85. The first-order chi connectivity index (χ1) is 12.6. The molecule has 146 valence electrons. The Hall–Kier alpha value is -1.51. The minimum Gasteiger partial charge on any atom is -0.459 e. The number of benzene rings is 1. The SMILES string of the molecule is CCCCO[C@@H]1O[C@H](COC(=O)c2ccccc2)[C@@H](O)[C@H](OC)[C@H]1OC. The Morgan fingerprint density at radius 3 is 2.46 bits per heavy atom. The summed E-state index contributed by atoms with van der Waals surface area (Å²) in [6, 6.07) is 8.65. The molecule has 0 amide bonds. The van der Waals surface area contributed by atoms with Gasteiger partial charge in [0, 0.05) is 20.8 Å². The number of hydrogen-bond acceptors (Lipinski definition) is 7. The molecule has 0 aromatic heterocycles. The normalized spacial score (nSPS) is 28.7. The molecule has 1 fully saturated rings. The molecular weight excluding hydrogens is 340 g/mol. The molecule has 0 radical (unpaired) electrons. The molecule has 26 heavy (non-hydrogen) atoms. The third kappa shape index (κ3) is 5.25. The molecule has 1 aromatic rings. The summed E-state index contributed by atoms with van der Waals surface area (Å²) in [6.45, 7) is 2.45.